The van der Waals surface area contributed by atoms with Gasteiger partial charge in [-0.05, 0) is 66.9 Å². The van der Waals surface area contributed by atoms with Crippen LogP contribution < -0.4 is 10.6 Å². The zero-order valence-corrected chi connectivity index (χ0v) is 14.7. The van der Waals surface area contributed by atoms with Gasteiger partial charge in [0.1, 0.15) is 11.5 Å². The van der Waals surface area contributed by atoms with Crippen molar-refractivity contribution in [3.05, 3.63) is 89.0 Å². The van der Waals surface area contributed by atoms with Crippen molar-refractivity contribution in [2.75, 3.05) is 5.32 Å². The van der Waals surface area contributed by atoms with Gasteiger partial charge in [0.2, 0.25) is 0 Å². The fraction of sp³-hybridized carbons (Fsp3) is 0.143. The molecule has 1 heterocycles. The summed E-state index contributed by atoms with van der Waals surface area (Å²) >= 11 is 0. The van der Waals surface area contributed by atoms with E-state index in [1.807, 2.05) is 32.0 Å². The number of hydrogen-bond acceptors (Lipinski definition) is 3. The number of carbonyl (C=O) groups excluding carboxylic acids is 1. The van der Waals surface area contributed by atoms with Gasteiger partial charge in [0.15, 0.2) is 0 Å². The molecule has 0 spiro atoms. The third-order valence-corrected chi connectivity index (χ3v) is 3.87. The molecule has 5 heteroatoms. The Morgan fingerprint density at radius 2 is 1.65 bits per heavy atom. The molecule has 0 aliphatic carbocycles. The molecule has 0 saturated carbocycles. The number of carbonyl (C=O) groups is 1. The first-order valence-corrected chi connectivity index (χ1v) is 8.33. The molecule has 1 aromatic heterocycles. The molecule has 2 N–H and O–H groups in total. The van der Waals surface area contributed by atoms with Crippen molar-refractivity contribution < 1.29 is 9.18 Å². The number of hydrogen-bond donors (Lipinski definition) is 2. The van der Waals surface area contributed by atoms with Crippen LogP contribution in [0.3, 0.4) is 0 Å². The Bertz CT molecular complexity index is 903. The van der Waals surface area contributed by atoms with Gasteiger partial charge in [-0.15, -0.1) is 0 Å². The Hall–Kier alpha value is -3.21. The van der Waals surface area contributed by atoms with E-state index in [2.05, 4.69) is 21.7 Å². The lowest BCUT2D eigenvalue weighted by Gasteiger charge is -2.10. The molecule has 0 radical (unpaired) electrons. The van der Waals surface area contributed by atoms with Gasteiger partial charge in [-0.1, -0.05) is 18.2 Å². The highest BCUT2D eigenvalue weighted by molar-refractivity contribution is 5.93. The van der Waals surface area contributed by atoms with E-state index in [4.69, 9.17) is 0 Å². The lowest BCUT2D eigenvalue weighted by molar-refractivity contribution is 0.0946. The lowest BCUT2D eigenvalue weighted by Crippen LogP contribution is -2.23. The molecule has 3 aromatic rings. The molecule has 0 bridgehead atoms. The van der Waals surface area contributed by atoms with Crippen molar-refractivity contribution in [1.82, 2.24) is 10.3 Å². The third kappa shape index (κ3) is 4.66. The van der Waals surface area contributed by atoms with E-state index >= 15 is 0 Å². The monoisotopic (exact) mass is 349 g/mol. The van der Waals surface area contributed by atoms with Gasteiger partial charge in [0.25, 0.3) is 5.91 Å². The number of nitrogens with zero attached hydrogens (tertiary/aromatic N) is 1. The number of rotatable bonds is 5. The van der Waals surface area contributed by atoms with Crippen molar-refractivity contribution in [3.8, 4) is 0 Å². The molecule has 1 amide bonds. The normalized spacial score (nSPS) is 10.4. The van der Waals surface area contributed by atoms with E-state index in [0.29, 0.717) is 12.2 Å². The van der Waals surface area contributed by atoms with Crippen molar-refractivity contribution >= 4 is 17.3 Å². The molecule has 0 unspecified atom stereocenters. The molecule has 0 atom stereocenters. The molecule has 0 aliphatic rings. The average molecular weight is 349 g/mol. The Labute approximate surface area is 152 Å². The summed E-state index contributed by atoms with van der Waals surface area (Å²) in [5, 5.41) is 6.09. The minimum absolute atomic E-state index is 0.279. The summed E-state index contributed by atoms with van der Waals surface area (Å²) < 4.78 is 12.9. The van der Waals surface area contributed by atoms with E-state index in [1.54, 1.807) is 24.4 Å². The van der Waals surface area contributed by atoms with Gasteiger partial charge in [0, 0.05) is 24.1 Å². The zero-order chi connectivity index (χ0) is 18.5. The van der Waals surface area contributed by atoms with Gasteiger partial charge >= 0.3 is 0 Å². The van der Waals surface area contributed by atoms with Crippen LogP contribution in [0.5, 0.6) is 0 Å². The number of halogens is 1. The van der Waals surface area contributed by atoms with Crippen molar-refractivity contribution in [2.45, 2.75) is 20.4 Å². The standard InChI is InChI=1S/C21H20FN3O/c1-14-9-15(2)11-19(10-14)25-18-7-8-23-20(12-18)21(26)24-13-16-3-5-17(22)6-4-16/h3-12H,13H2,1-2H3,(H,23,25)(H,24,26). The Morgan fingerprint density at radius 3 is 2.35 bits per heavy atom. The SMILES string of the molecule is Cc1cc(C)cc(Nc2ccnc(C(=O)NCc3ccc(F)cc3)c2)c1. The average Bonchev–Trinajstić information content (AvgIpc) is 2.60. The molecule has 26 heavy (non-hydrogen) atoms. The van der Waals surface area contributed by atoms with Crippen molar-refractivity contribution in [3.63, 3.8) is 0 Å². The fourth-order valence-corrected chi connectivity index (χ4v) is 2.72. The van der Waals surface area contributed by atoms with Crippen LogP contribution in [-0.4, -0.2) is 10.9 Å². The third-order valence-electron chi connectivity index (χ3n) is 3.87. The number of benzene rings is 2. The van der Waals surface area contributed by atoms with E-state index in [9.17, 15) is 9.18 Å². The number of nitrogens with one attached hydrogen (secondary N) is 2. The van der Waals surface area contributed by atoms with Crippen LogP contribution in [-0.2, 0) is 6.54 Å². The van der Waals surface area contributed by atoms with E-state index in [0.717, 1.165) is 16.9 Å². The highest BCUT2D eigenvalue weighted by atomic mass is 19.1. The van der Waals surface area contributed by atoms with E-state index in [1.165, 1.54) is 23.3 Å². The summed E-state index contributed by atoms with van der Waals surface area (Å²) in [7, 11) is 0. The molecule has 0 saturated heterocycles. The van der Waals surface area contributed by atoms with Crippen LogP contribution in [0.2, 0.25) is 0 Å². The maximum atomic E-state index is 12.9. The second-order valence-corrected chi connectivity index (χ2v) is 6.24. The minimum Gasteiger partial charge on any atom is -0.355 e. The topological polar surface area (TPSA) is 54.0 Å². The molecule has 0 aliphatic heterocycles. The molecule has 3 rings (SSSR count). The summed E-state index contributed by atoms with van der Waals surface area (Å²) in [6, 6.07) is 15.7. The number of pyridine rings is 1. The van der Waals surface area contributed by atoms with Crippen LogP contribution in [0.15, 0.2) is 60.8 Å². The highest BCUT2D eigenvalue weighted by Crippen LogP contribution is 2.19. The Morgan fingerprint density at radius 1 is 0.962 bits per heavy atom. The van der Waals surface area contributed by atoms with Gasteiger partial charge < -0.3 is 10.6 Å². The predicted molar refractivity (Wildman–Crippen MR) is 101 cm³/mol. The summed E-state index contributed by atoms with van der Waals surface area (Å²) in [4.78, 5) is 16.5. The number of aryl methyl sites for hydroxylation is 2. The Kier molecular flexibility index (Phi) is 5.27. The summed E-state index contributed by atoms with van der Waals surface area (Å²) in [6.45, 7) is 4.40. The van der Waals surface area contributed by atoms with Gasteiger partial charge in [-0.25, -0.2) is 4.39 Å². The Balaban J connectivity index is 1.67. The maximum absolute atomic E-state index is 12.9. The van der Waals surface area contributed by atoms with E-state index in [-0.39, 0.29) is 11.7 Å². The summed E-state index contributed by atoms with van der Waals surface area (Å²) in [5.41, 5.74) is 5.23. The highest BCUT2D eigenvalue weighted by Gasteiger charge is 2.08. The molecular weight excluding hydrogens is 329 g/mol. The predicted octanol–water partition coefficient (Wildman–Crippen LogP) is 4.51. The van der Waals surface area contributed by atoms with Crippen LogP contribution in [0.4, 0.5) is 15.8 Å². The fourth-order valence-electron chi connectivity index (χ4n) is 2.72. The van der Waals surface area contributed by atoms with Crippen LogP contribution in [0.25, 0.3) is 0 Å². The largest absolute Gasteiger partial charge is 0.355 e. The van der Waals surface area contributed by atoms with Crippen molar-refractivity contribution in [2.24, 2.45) is 0 Å². The van der Waals surface area contributed by atoms with Crippen LogP contribution in [0, 0.1) is 19.7 Å². The van der Waals surface area contributed by atoms with Crippen LogP contribution >= 0.6 is 0 Å². The van der Waals surface area contributed by atoms with E-state index < -0.39 is 0 Å². The molecular formula is C21H20FN3O. The molecule has 2 aromatic carbocycles. The molecule has 4 nitrogen and oxygen atoms in total. The molecule has 132 valence electrons. The summed E-state index contributed by atoms with van der Waals surface area (Å²) in [5.74, 6) is -0.578. The summed E-state index contributed by atoms with van der Waals surface area (Å²) in [6.07, 6.45) is 1.60. The maximum Gasteiger partial charge on any atom is 0.270 e. The zero-order valence-electron chi connectivity index (χ0n) is 14.7. The quantitative estimate of drug-likeness (QED) is 0.712. The first kappa shape index (κ1) is 17.6. The second-order valence-electron chi connectivity index (χ2n) is 6.24. The number of amides is 1. The van der Waals surface area contributed by atoms with Gasteiger partial charge in [0.05, 0.1) is 0 Å². The minimum atomic E-state index is -0.299. The number of anilines is 2. The van der Waals surface area contributed by atoms with Gasteiger partial charge in [-0.3, -0.25) is 9.78 Å². The first-order chi connectivity index (χ1) is 12.5. The number of aromatic nitrogens is 1. The second kappa shape index (κ2) is 7.78. The van der Waals surface area contributed by atoms with Gasteiger partial charge in [-0.2, -0.15) is 0 Å². The lowest BCUT2D eigenvalue weighted by atomic mass is 10.1. The van der Waals surface area contributed by atoms with Crippen molar-refractivity contribution in [1.29, 1.82) is 0 Å². The smallest absolute Gasteiger partial charge is 0.270 e. The van der Waals surface area contributed by atoms with Crippen LogP contribution in [0.1, 0.15) is 27.2 Å². The first-order valence-electron chi connectivity index (χ1n) is 8.33. The molecule has 0 fully saturated rings.